The lowest BCUT2D eigenvalue weighted by Gasteiger charge is -2.14. The first-order valence-electron chi connectivity index (χ1n) is 26.9. The third kappa shape index (κ3) is 20.5. The maximum absolute atomic E-state index is 12.9. The van der Waals surface area contributed by atoms with Gasteiger partial charge in [0.15, 0.2) is 11.3 Å². The van der Waals surface area contributed by atoms with Gasteiger partial charge in [-0.25, -0.2) is 4.98 Å². The van der Waals surface area contributed by atoms with Crippen LogP contribution in [-0.4, -0.2) is 132 Å². The minimum Gasteiger partial charge on any atom is -0.493 e. The highest BCUT2D eigenvalue weighted by Crippen LogP contribution is 2.47. The summed E-state index contributed by atoms with van der Waals surface area (Å²) in [5, 5.41) is 64.1. The Morgan fingerprint density at radius 2 is 1.06 bits per heavy atom. The van der Waals surface area contributed by atoms with E-state index in [9.17, 15) is 89.6 Å². The van der Waals surface area contributed by atoms with Crippen LogP contribution in [0.15, 0.2) is 127 Å². The fourth-order valence-electron chi connectivity index (χ4n) is 8.54. The predicted molar refractivity (Wildman–Crippen MR) is 349 cm³/mol. The molecule has 0 aliphatic heterocycles. The zero-order valence-electron chi connectivity index (χ0n) is 49.8. The van der Waals surface area contributed by atoms with E-state index in [1.165, 1.54) is 56.3 Å². The average molecular weight is 1470 g/mol. The minimum absolute atomic E-state index is 0.00997. The lowest BCUT2D eigenvalue weighted by Crippen LogP contribution is -2.09. The number of aromatic nitrogens is 2. The van der Waals surface area contributed by atoms with Crippen LogP contribution < -0.4 is 20.7 Å². The second-order valence-electron chi connectivity index (χ2n) is 20.0. The van der Waals surface area contributed by atoms with Crippen LogP contribution in [-0.2, 0) is 65.0 Å². The van der Waals surface area contributed by atoms with Crippen molar-refractivity contribution < 1.29 is 89.1 Å². The van der Waals surface area contributed by atoms with Crippen LogP contribution in [0.25, 0.3) is 16.7 Å². The van der Waals surface area contributed by atoms with Gasteiger partial charge in [-0.15, -0.1) is 59.3 Å². The van der Waals surface area contributed by atoms with Gasteiger partial charge in [0, 0.05) is 42.2 Å². The number of carbonyl (C=O) groups is 3. The monoisotopic (exact) mass is 1460 g/mol. The van der Waals surface area contributed by atoms with Crippen LogP contribution in [0, 0.1) is 25.2 Å². The Bertz CT molecular complexity index is 5050. The maximum Gasteiger partial charge on any atom is 0.296 e. The molecule has 7 aromatic rings. The Hall–Kier alpha value is -8.51. The second-order valence-corrected chi connectivity index (χ2v) is 30.3. The molecule has 34 nitrogen and oxygen atoms in total. The number of aryl methyl sites for hydroxylation is 1. The first-order valence-corrected chi connectivity index (χ1v) is 37.0. The number of amides is 3. The molecule has 95 heavy (non-hydrogen) atoms. The Balaban J connectivity index is 1.38. The van der Waals surface area contributed by atoms with Gasteiger partial charge in [-0.05, 0) is 111 Å². The van der Waals surface area contributed by atoms with Gasteiger partial charge in [0.05, 0.1) is 67.6 Å². The Morgan fingerprint density at radius 1 is 0.600 bits per heavy atom. The number of anilines is 3. The number of nitrogens with one attached hydrogen (secondary N) is 3. The molecule has 9 N–H and O–H groups in total. The molecule has 0 unspecified atom stereocenters. The first-order chi connectivity index (χ1) is 44.3. The topological polar surface area (TPSA) is 529 Å². The molecule has 2 aromatic heterocycles. The number of fused-ring (bicyclic) bond motifs is 3. The van der Waals surface area contributed by atoms with Crippen molar-refractivity contribution in [3.05, 3.63) is 88.4 Å². The molecule has 0 aliphatic rings. The highest BCUT2D eigenvalue weighted by Gasteiger charge is 2.26. The molecule has 0 fully saturated rings. The quantitative estimate of drug-likeness (QED) is 0.00952. The van der Waals surface area contributed by atoms with Crippen molar-refractivity contribution in [1.29, 1.82) is 5.26 Å². The highest BCUT2D eigenvalue weighted by atomic mass is 35.5. The Morgan fingerprint density at radius 3 is 1.54 bits per heavy atom. The van der Waals surface area contributed by atoms with Gasteiger partial charge in [0.25, 0.3) is 50.6 Å². The summed E-state index contributed by atoms with van der Waals surface area (Å²) < 4.78 is 173. The molecule has 2 heterocycles. The molecule has 42 heteroatoms. The molecule has 5 aromatic carbocycles. The molecule has 3 amide bonds. The van der Waals surface area contributed by atoms with E-state index in [0.29, 0.717) is 0 Å². The van der Waals surface area contributed by atoms with Crippen molar-refractivity contribution in [1.82, 2.24) is 9.38 Å². The number of benzene rings is 5. The van der Waals surface area contributed by atoms with Crippen LogP contribution in [0.4, 0.5) is 62.6 Å². The number of ether oxygens (including phenoxy) is 1. The van der Waals surface area contributed by atoms with Crippen molar-refractivity contribution in [2.24, 2.45) is 40.9 Å². The van der Waals surface area contributed by atoms with Crippen LogP contribution in [0.2, 0.25) is 5.02 Å². The number of nitrogens with zero attached hydrogens (tertiary/aromatic N) is 11. The number of aromatic hydroxyl groups is 1. The number of thioether (sulfide) groups is 2. The number of azo groups is 4. The summed E-state index contributed by atoms with van der Waals surface area (Å²) in [6, 6.07) is 15.1. The summed E-state index contributed by atoms with van der Waals surface area (Å²) in [4.78, 5) is 41.9. The molecule has 0 saturated carbocycles. The number of carbonyl (C=O) groups excluding carboxylic acids is 3. The number of nitriles is 1. The van der Waals surface area contributed by atoms with E-state index >= 15 is 0 Å². The van der Waals surface area contributed by atoms with E-state index in [4.69, 9.17) is 16.3 Å². The SMILES string of the molecule is CC(=O)Nc1cc(N=Nc2cc(SCCCS(=O)(=O)O)c(N=Nc3cc(OCCCS(=O)(=O)O)c(N=Nc4c(C)c(C#N)c5nc6cc(S(=O)(=O)O)cc(C)c6n5c4O)cc3NC(C)=O)cc2NC(C)=O)c(SCCCS(=O)(=O)O)cc1N=Nc1ccc(Cl)c(S(=O)(=O)O)c1. The summed E-state index contributed by atoms with van der Waals surface area (Å²) in [6.45, 7) is 5.87. The lowest BCUT2D eigenvalue weighted by molar-refractivity contribution is -0.115. The van der Waals surface area contributed by atoms with Gasteiger partial charge in [-0.3, -0.25) is 41.5 Å². The molecule has 0 radical (unpaired) electrons. The van der Waals surface area contributed by atoms with Gasteiger partial charge >= 0.3 is 0 Å². The number of rotatable bonds is 28. The summed E-state index contributed by atoms with van der Waals surface area (Å²) in [6.07, 6.45) is -0.546. The van der Waals surface area contributed by atoms with Gasteiger partial charge in [0.2, 0.25) is 23.6 Å². The molecule has 0 bridgehead atoms. The lowest BCUT2D eigenvalue weighted by atomic mass is 10.1. The van der Waals surface area contributed by atoms with E-state index < -0.39 is 108 Å². The molecule has 504 valence electrons. The first kappa shape index (κ1) is 73.9. The highest BCUT2D eigenvalue weighted by molar-refractivity contribution is 7.99. The smallest absolute Gasteiger partial charge is 0.296 e. The molecule has 7 rings (SSSR count). The molecular formula is C53H53ClN14O20S7. The largest absolute Gasteiger partial charge is 0.493 e. The van der Waals surface area contributed by atoms with Gasteiger partial charge in [-0.1, -0.05) is 11.6 Å². The standard InChI is InChI=1S/C53H53ClN14O20S7/c1-27-17-33(94(82,83)84)19-45-51(27)68-52(59-45)34(26-55)28(2)50(53(68)72)67-64-42-20-36(56-29(3)69)39(23-46(42)88-11-6-14-91(73,74)75)62-65-43-22-38(58-31(5)71)41(25-48(43)90-13-8-16-93(79,80)81)63-66-44-21-37(57-30(4)70)40(24-47(44)89-12-7-15-92(76,77)78)61-60-32-9-10-35(54)49(18-32)95(85,86)87/h9-10,17-25,72H,6-8,11-16H2,1-5H3,(H,56,69)(H,57,70)(H,58,71)(H,73,74,75)(H,76,77,78)(H,79,80,81)(H,82,83,84)(H,85,86,87). The molecule has 0 saturated heterocycles. The number of pyridine rings is 1. The Kier molecular flexibility index (Phi) is 23.7. The summed E-state index contributed by atoms with van der Waals surface area (Å²) in [5.41, 5.74) is -1.47. The van der Waals surface area contributed by atoms with E-state index in [0.717, 1.165) is 73.0 Å². The normalized spacial score (nSPS) is 12.6. The zero-order valence-corrected chi connectivity index (χ0v) is 56.2. The summed E-state index contributed by atoms with van der Waals surface area (Å²) >= 11 is 7.92. The van der Waals surface area contributed by atoms with Crippen molar-refractivity contribution >= 4 is 183 Å². The number of hydrogen-bond acceptors (Lipinski definition) is 27. The average Bonchev–Trinajstić information content (AvgIpc) is 1.60. The number of hydrogen-bond donors (Lipinski definition) is 9. The van der Waals surface area contributed by atoms with Crippen molar-refractivity contribution in [3.63, 3.8) is 0 Å². The molecule has 0 atom stereocenters. The van der Waals surface area contributed by atoms with Crippen LogP contribution >= 0.6 is 35.1 Å². The second kappa shape index (κ2) is 30.5. The van der Waals surface area contributed by atoms with Crippen molar-refractivity contribution in [2.45, 2.75) is 73.5 Å². The van der Waals surface area contributed by atoms with Crippen molar-refractivity contribution in [3.8, 4) is 17.7 Å². The van der Waals surface area contributed by atoms with Gasteiger partial charge in [0.1, 0.15) is 56.4 Å². The fraction of sp³-hybridized carbons (Fsp3) is 0.264. The van der Waals surface area contributed by atoms with Gasteiger partial charge < -0.3 is 25.8 Å². The third-order valence-electron chi connectivity index (χ3n) is 12.5. The minimum atomic E-state index is -4.82. The van der Waals surface area contributed by atoms with Crippen LogP contribution in [0.5, 0.6) is 11.6 Å². The number of imidazole rings is 1. The number of halogens is 1. The molecular weight excluding hydrogens is 1410 g/mol. The fourth-order valence-corrected chi connectivity index (χ4v) is 13.9. The maximum atomic E-state index is 12.9. The summed E-state index contributed by atoms with van der Waals surface area (Å²) in [5.74, 6) is -4.98. The van der Waals surface area contributed by atoms with E-state index in [-0.39, 0.29) is 147 Å². The third-order valence-corrected chi connectivity index (χ3v) is 19.4. The van der Waals surface area contributed by atoms with Gasteiger partial charge in [-0.2, -0.15) is 52.5 Å². The Labute approximate surface area is 554 Å². The molecule has 0 aliphatic carbocycles. The van der Waals surface area contributed by atoms with E-state index in [1.807, 2.05) is 6.07 Å². The van der Waals surface area contributed by atoms with Crippen LogP contribution in [0.3, 0.4) is 0 Å². The van der Waals surface area contributed by atoms with Crippen LogP contribution in [0.1, 0.15) is 56.7 Å². The van der Waals surface area contributed by atoms with Crippen molar-refractivity contribution in [2.75, 3.05) is 51.3 Å². The summed E-state index contributed by atoms with van der Waals surface area (Å²) in [7, 11) is -22.9. The van der Waals surface area contributed by atoms with E-state index in [1.54, 1.807) is 0 Å². The predicted octanol–water partition coefficient (Wildman–Crippen LogP) is 11.8. The zero-order chi connectivity index (χ0) is 70.1. The van der Waals surface area contributed by atoms with E-state index in [2.05, 4.69) is 61.8 Å². The molecule has 0 spiro atoms.